The number of hydrogen-bond acceptors (Lipinski definition) is 2. The first-order chi connectivity index (χ1) is 6.93. The summed E-state index contributed by atoms with van der Waals surface area (Å²) in [5.74, 6) is 0. The molecule has 1 heterocycles. The average molecular weight is 212 g/mol. The molecule has 0 amide bonds. The summed E-state index contributed by atoms with van der Waals surface area (Å²) in [6.07, 6.45) is 2.68. The van der Waals surface area contributed by atoms with Crippen LogP contribution in [0.3, 0.4) is 0 Å². The molecule has 0 saturated carbocycles. The molecule has 1 aliphatic rings. The molecule has 0 aromatic rings. The highest BCUT2D eigenvalue weighted by atomic mass is 15.2. The first-order valence-corrected chi connectivity index (χ1v) is 6.40. The predicted molar refractivity (Wildman–Crippen MR) is 67.2 cm³/mol. The summed E-state index contributed by atoms with van der Waals surface area (Å²) in [5.41, 5.74) is 0.523. The van der Waals surface area contributed by atoms with Gasteiger partial charge in [-0.25, -0.2) is 0 Å². The van der Waals surface area contributed by atoms with Crippen LogP contribution in [0.4, 0.5) is 0 Å². The van der Waals surface area contributed by atoms with E-state index in [0.29, 0.717) is 17.5 Å². The Balaban J connectivity index is 2.34. The zero-order chi connectivity index (χ0) is 11.5. The lowest BCUT2D eigenvalue weighted by Gasteiger charge is -2.41. The van der Waals surface area contributed by atoms with Crippen molar-refractivity contribution >= 4 is 0 Å². The molecule has 1 N–H and O–H groups in total. The molecule has 2 heteroatoms. The van der Waals surface area contributed by atoms with Crippen molar-refractivity contribution in [3.05, 3.63) is 0 Å². The third-order valence-corrected chi connectivity index (χ3v) is 3.67. The molecule has 0 spiro atoms. The number of nitrogens with zero attached hydrogens (tertiary/aromatic N) is 1. The van der Waals surface area contributed by atoms with Gasteiger partial charge in [0.15, 0.2) is 0 Å². The Morgan fingerprint density at radius 2 is 1.67 bits per heavy atom. The van der Waals surface area contributed by atoms with Crippen LogP contribution < -0.4 is 5.32 Å². The van der Waals surface area contributed by atoms with Crippen LogP contribution in [0.25, 0.3) is 0 Å². The molecule has 0 aliphatic carbocycles. The number of nitrogens with one attached hydrogen (secondary N) is 1. The Labute approximate surface area is 95.4 Å². The van der Waals surface area contributed by atoms with Crippen LogP contribution in [0.15, 0.2) is 0 Å². The van der Waals surface area contributed by atoms with E-state index in [1.165, 1.54) is 32.5 Å². The lowest BCUT2D eigenvalue weighted by molar-refractivity contribution is 0.0928. The predicted octanol–water partition coefficient (Wildman–Crippen LogP) is 2.49. The van der Waals surface area contributed by atoms with Crippen LogP contribution in [-0.2, 0) is 0 Å². The van der Waals surface area contributed by atoms with Gasteiger partial charge in [-0.3, -0.25) is 0 Å². The largest absolute Gasteiger partial charge is 0.314 e. The molecule has 0 aromatic carbocycles. The summed E-state index contributed by atoms with van der Waals surface area (Å²) in [5, 5.41) is 3.58. The zero-order valence-electron chi connectivity index (χ0n) is 11.1. The number of piperidine rings is 1. The quantitative estimate of drug-likeness (QED) is 0.770. The van der Waals surface area contributed by atoms with E-state index in [2.05, 4.69) is 44.8 Å². The molecule has 90 valence electrons. The van der Waals surface area contributed by atoms with Gasteiger partial charge in [-0.15, -0.1) is 0 Å². The molecule has 0 aromatic heterocycles. The van der Waals surface area contributed by atoms with Gasteiger partial charge in [0.1, 0.15) is 0 Å². The fraction of sp³-hybridized carbons (Fsp3) is 1.00. The van der Waals surface area contributed by atoms with Crippen molar-refractivity contribution in [1.29, 1.82) is 0 Å². The Bertz CT molecular complexity index is 179. The first kappa shape index (κ1) is 13.0. The van der Waals surface area contributed by atoms with Gasteiger partial charge in [0.25, 0.3) is 0 Å². The van der Waals surface area contributed by atoms with Gasteiger partial charge in [0.2, 0.25) is 0 Å². The van der Waals surface area contributed by atoms with Crippen molar-refractivity contribution in [3.8, 4) is 0 Å². The number of likely N-dealkylation sites (tertiary alicyclic amines) is 1. The van der Waals surface area contributed by atoms with Gasteiger partial charge in [0.05, 0.1) is 0 Å². The van der Waals surface area contributed by atoms with Gasteiger partial charge < -0.3 is 10.2 Å². The summed E-state index contributed by atoms with van der Waals surface area (Å²) in [7, 11) is 0. The van der Waals surface area contributed by atoms with Crippen LogP contribution in [0, 0.1) is 5.41 Å². The third-order valence-electron chi connectivity index (χ3n) is 3.67. The van der Waals surface area contributed by atoms with E-state index in [0.717, 1.165) is 0 Å². The van der Waals surface area contributed by atoms with E-state index in [9.17, 15) is 0 Å². The molecule has 2 nitrogen and oxygen atoms in total. The number of rotatable bonds is 4. The maximum absolute atomic E-state index is 3.58. The minimum atomic E-state index is 0.523. The minimum Gasteiger partial charge on any atom is -0.314 e. The Kier molecular flexibility index (Phi) is 4.60. The summed E-state index contributed by atoms with van der Waals surface area (Å²) >= 11 is 0. The molecule has 1 rings (SSSR count). The molecular weight excluding hydrogens is 184 g/mol. The molecule has 0 atom stereocenters. The van der Waals surface area contributed by atoms with Crippen molar-refractivity contribution in [2.75, 3.05) is 19.6 Å². The van der Waals surface area contributed by atoms with Gasteiger partial charge in [-0.1, -0.05) is 20.8 Å². The Hall–Kier alpha value is -0.0800. The van der Waals surface area contributed by atoms with Gasteiger partial charge in [-0.2, -0.15) is 0 Å². The van der Waals surface area contributed by atoms with Gasteiger partial charge in [0, 0.05) is 18.6 Å². The van der Waals surface area contributed by atoms with Gasteiger partial charge in [-0.05, 0) is 45.2 Å². The topological polar surface area (TPSA) is 15.3 Å². The number of hydrogen-bond donors (Lipinski definition) is 1. The van der Waals surface area contributed by atoms with E-state index >= 15 is 0 Å². The highest BCUT2D eigenvalue weighted by Crippen LogP contribution is 2.30. The second-order valence-electron chi connectivity index (χ2n) is 5.98. The van der Waals surface area contributed by atoms with E-state index in [1.54, 1.807) is 0 Å². The van der Waals surface area contributed by atoms with Gasteiger partial charge >= 0.3 is 0 Å². The smallest absolute Gasteiger partial charge is 0.00385 e. The third kappa shape index (κ3) is 4.12. The van der Waals surface area contributed by atoms with E-state index < -0.39 is 0 Å². The molecule has 1 aliphatic heterocycles. The zero-order valence-corrected chi connectivity index (χ0v) is 11.1. The molecule has 0 unspecified atom stereocenters. The lowest BCUT2D eigenvalue weighted by Crippen LogP contribution is -2.46. The van der Waals surface area contributed by atoms with Crippen molar-refractivity contribution < 1.29 is 0 Å². The molecule has 1 fully saturated rings. The normalized spacial score (nSPS) is 22.6. The van der Waals surface area contributed by atoms with Crippen LogP contribution in [0.5, 0.6) is 0 Å². The van der Waals surface area contributed by atoms with Crippen molar-refractivity contribution in [3.63, 3.8) is 0 Å². The summed E-state index contributed by atoms with van der Waals surface area (Å²) in [4.78, 5) is 2.59. The van der Waals surface area contributed by atoms with E-state index in [-0.39, 0.29) is 0 Å². The van der Waals surface area contributed by atoms with E-state index in [1.807, 2.05) is 0 Å². The van der Waals surface area contributed by atoms with Crippen molar-refractivity contribution in [2.24, 2.45) is 5.41 Å². The fourth-order valence-corrected chi connectivity index (χ4v) is 2.21. The summed E-state index contributed by atoms with van der Waals surface area (Å²) < 4.78 is 0. The molecular formula is C13H28N2. The van der Waals surface area contributed by atoms with Crippen LogP contribution in [0.1, 0.15) is 47.5 Å². The fourth-order valence-electron chi connectivity index (χ4n) is 2.21. The standard InChI is InChI=1S/C13H28N2/c1-11(2)14-10-13(5)6-8-15(9-7-13)12(3)4/h11-12,14H,6-10H2,1-5H3. The first-order valence-electron chi connectivity index (χ1n) is 6.40. The Morgan fingerprint density at radius 3 is 2.07 bits per heavy atom. The highest BCUT2D eigenvalue weighted by molar-refractivity contribution is 4.85. The minimum absolute atomic E-state index is 0.523. The van der Waals surface area contributed by atoms with E-state index in [4.69, 9.17) is 0 Å². The SMILES string of the molecule is CC(C)NCC1(C)CCN(C(C)C)CC1. The maximum atomic E-state index is 3.58. The van der Waals surface area contributed by atoms with Crippen molar-refractivity contribution in [2.45, 2.75) is 59.5 Å². The molecule has 1 saturated heterocycles. The lowest BCUT2D eigenvalue weighted by atomic mass is 9.80. The summed E-state index contributed by atoms with van der Waals surface area (Å²) in [6.45, 7) is 15.2. The monoisotopic (exact) mass is 212 g/mol. The second-order valence-corrected chi connectivity index (χ2v) is 5.98. The molecule has 15 heavy (non-hydrogen) atoms. The van der Waals surface area contributed by atoms with Crippen LogP contribution in [-0.4, -0.2) is 36.6 Å². The second kappa shape index (κ2) is 5.31. The Morgan fingerprint density at radius 1 is 1.13 bits per heavy atom. The van der Waals surface area contributed by atoms with Crippen LogP contribution in [0.2, 0.25) is 0 Å². The maximum Gasteiger partial charge on any atom is 0.00385 e. The van der Waals surface area contributed by atoms with Crippen molar-refractivity contribution in [1.82, 2.24) is 10.2 Å². The summed E-state index contributed by atoms with van der Waals surface area (Å²) in [6, 6.07) is 1.33. The van der Waals surface area contributed by atoms with Crippen LogP contribution >= 0.6 is 0 Å². The average Bonchev–Trinajstić information content (AvgIpc) is 2.16. The molecule has 0 radical (unpaired) electrons. The molecule has 0 bridgehead atoms. The highest BCUT2D eigenvalue weighted by Gasteiger charge is 2.30.